The fourth-order valence-corrected chi connectivity index (χ4v) is 2.39. The van der Waals surface area contributed by atoms with Crippen molar-refractivity contribution in [1.29, 1.82) is 0 Å². The number of amides is 1. The van der Waals surface area contributed by atoms with Gasteiger partial charge in [-0.2, -0.15) is 0 Å². The van der Waals surface area contributed by atoms with E-state index in [0.29, 0.717) is 11.3 Å². The molecule has 0 spiro atoms. The third-order valence-corrected chi connectivity index (χ3v) is 3.69. The van der Waals surface area contributed by atoms with Gasteiger partial charge in [-0.15, -0.1) is 0 Å². The zero-order valence-corrected chi connectivity index (χ0v) is 13.0. The fraction of sp³-hybridized carbons (Fsp3) is 0.0556. The minimum atomic E-state index is -0.477. The van der Waals surface area contributed by atoms with E-state index in [0.717, 1.165) is 11.3 Å². The molecule has 1 N–H and O–H groups in total. The molecule has 0 unspecified atom stereocenters. The van der Waals surface area contributed by atoms with Gasteiger partial charge in [0.15, 0.2) is 0 Å². The summed E-state index contributed by atoms with van der Waals surface area (Å²) in [6.45, 7) is 1.98. The lowest BCUT2D eigenvalue weighted by molar-refractivity contribution is -0.384. The molecule has 24 heavy (non-hydrogen) atoms. The Hall–Kier alpha value is -3.41. The number of benzene rings is 2. The van der Waals surface area contributed by atoms with Crippen LogP contribution in [0.15, 0.2) is 67.0 Å². The standard InChI is InChI=1S/C18H15N3O3/c1-13-4-5-14(12-17(13)20-10-2-3-11-20)18(22)19-15-6-8-16(9-7-15)21(23)24/h2-12H,1H3,(H,19,22). The van der Waals surface area contributed by atoms with Crippen LogP contribution in [0.4, 0.5) is 11.4 Å². The molecule has 0 bridgehead atoms. The second-order valence-electron chi connectivity index (χ2n) is 5.35. The predicted molar refractivity (Wildman–Crippen MR) is 91.6 cm³/mol. The number of nitrogens with zero attached hydrogens (tertiary/aromatic N) is 2. The maximum Gasteiger partial charge on any atom is 0.269 e. The molecule has 0 radical (unpaired) electrons. The van der Waals surface area contributed by atoms with Gasteiger partial charge in [-0.3, -0.25) is 14.9 Å². The van der Waals surface area contributed by atoms with E-state index in [1.165, 1.54) is 24.3 Å². The number of aryl methyl sites for hydroxylation is 1. The van der Waals surface area contributed by atoms with Crippen LogP contribution in [0.2, 0.25) is 0 Å². The molecule has 120 valence electrons. The Morgan fingerprint density at radius 2 is 1.75 bits per heavy atom. The van der Waals surface area contributed by atoms with Gasteiger partial charge in [-0.25, -0.2) is 0 Å². The Labute approximate surface area is 138 Å². The minimum absolute atomic E-state index is 0.0155. The lowest BCUT2D eigenvalue weighted by atomic mass is 10.1. The second-order valence-corrected chi connectivity index (χ2v) is 5.35. The number of hydrogen-bond acceptors (Lipinski definition) is 3. The first-order valence-corrected chi connectivity index (χ1v) is 7.34. The van der Waals surface area contributed by atoms with Gasteiger partial charge in [0.2, 0.25) is 0 Å². The third kappa shape index (κ3) is 3.17. The normalized spacial score (nSPS) is 10.4. The molecular formula is C18H15N3O3. The van der Waals surface area contributed by atoms with Crippen LogP contribution in [0.25, 0.3) is 5.69 Å². The number of nitro benzene ring substituents is 1. The van der Waals surface area contributed by atoms with Gasteiger partial charge >= 0.3 is 0 Å². The summed E-state index contributed by atoms with van der Waals surface area (Å²) < 4.78 is 1.94. The molecule has 0 aliphatic heterocycles. The van der Waals surface area contributed by atoms with Crippen molar-refractivity contribution < 1.29 is 9.72 Å². The predicted octanol–water partition coefficient (Wildman–Crippen LogP) is 3.95. The smallest absolute Gasteiger partial charge is 0.269 e. The van der Waals surface area contributed by atoms with Gasteiger partial charge in [0.1, 0.15) is 0 Å². The molecule has 1 aromatic heterocycles. The monoisotopic (exact) mass is 321 g/mol. The quantitative estimate of drug-likeness (QED) is 0.584. The van der Waals surface area contributed by atoms with E-state index >= 15 is 0 Å². The number of anilines is 1. The summed E-state index contributed by atoms with van der Waals surface area (Å²) in [5, 5.41) is 13.4. The number of carbonyl (C=O) groups excluding carboxylic acids is 1. The van der Waals surface area contributed by atoms with Crippen molar-refractivity contribution >= 4 is 17.3 Å². The lowest BCUT2D eigenvalue weighted by Crippen LogP contribution is -2.12. The molecule has 0 atom stereocenters. The Bertz CT molecular complexity index is 884. The summed E-state index contributed by atoms with van der Waals surface area (Å²) in [6.07, 6.45) is 3.83. The topological polar surface area (TPSA) is 77.2 Å². The van der Waals surface area contributed by atoms with Crippen molar-refractivity contribution in [1.82, 2.24) is 4.57 Å². The molecule has 3 aromatic rings. The van der Waals surface area contributed by atoms with E-state index < -0.39 is 4.92 Å². The first kappa shape index (κ1) is 15.5. The lowest BCUT2D eigenvalue weighted by Gasteiger charge is -2.10. The molecular weight excluding hydrogens is 306 g/mol. The Balaban J connectivity index is 1.82. The summed E-state index contributed by atoms with van der Waals surface area (Å²) >= 11 is 0. The first-order chi connectivity index (χ1) is 11.5. The fourth-order valence-electron chi connectivity index (χ4n) is 2.39. The number of nitrogens with one attached hydrogen (secondary N) is 1. The molecule has 0 saturated carbocycles. The number of nitro groups is 1. The number of hydrogen-bond donors (Lipinski definition) is 1. The van der Waals surface area contributed by atoms with E-state index in [9.17, 15) is 14.9 Å². The largest absolute Gasteiger partial charge is 0.324 e. The van der Waals surface area contributed by atoms with Crippen molar-refractivity contribution in [2.45, 2.75) is 6.92 Å². The average Bonchev–Trinajstić information content (AvgIpc) is 3.10. The van der Waals surface area contributed by atoms with Crippen molar-refractivity contribution in [3.8, 4) is 5.69 Å². The van der Waals surface area contributed by atoms with Crippen LogP contribution >= 0.6 is 0 Å². The number of aromatic nitrogens is 1. The molecule has 0 fully saturated rings. The van der Waals surface area contributed by atoms with Gasteiger partial charge < -0.3 is 9.88 Å². The van der Waals surface area contributed by atoms with Crippen LogP contribution in [-0.4, -0.2) is 15.4 Å². The van der Waals surface area contributed by atoms with Crippen LogP contribution in [0, 0.1) is 17.0 Å². The van der Waals surface area contributed by atoms with Crippen LogP contribution in [0.5, 0.6) is 0 Å². The highest BCUT2D eigenvalue weighted by atomic mass is 16.6. The maximum atomic E-state index is 12.4. The molecule has 2 aromatic carbocycles. The maximum absolute atomic E-state index is 12.4. The van der Waals surface area contributed by atoms with Crippen LogP contribution in [-0.2, 0) is 0 Å². The highest BCUT2D eigenvalue weighted by Gasteiger charge is 2.10. The second kappa shape index (κ2) is 6.37. The number of rotatable bonds is 4. The molecule has 6 nitrogen and oxygen atoms in total. The SMILES string of the molecule is Cc1ccc(C(=O)Nc2ccc([N+](=O)[O-])cc2)cc1-n1cccc1. The highest BCUT2D eigenvalue weighted by molar-refractivity contribution is 6.04. The minimum Gasteiger partial charge on any atom is -0.324 e. The summed E-state index contributed by atoms with van der Waals surface area (Å²) in [4.78, 5) is 22.6. The average molecular weight is 321 g/mol. The van der Waals surface area contributed by atoms with Gasteiger partial charge in [0, 0.05) is 41.5 Å². The van der Waals surface area contributed by atoms with Gasteiger partial charge in [0.05, 0.1) is 4.92 Å². The van der Waals surface area contributed by atoms with Gasteiger partial charge in [-0.05, 0) is 48.9 Å². The summed E-state index contributed by atoms with van der Waals surface area (Å²) in [5.41, 5.74) is 2.99. The van der Waals surface area contributed by atoms with Crippen molar-refractivity contribution in [3.63, 3.8) is 0 Å². The molecule has 0 aliphatic rings. The van der Waals surface area contributed by atoms with Crippen LogP contribution in [0.3, 0.4) is 0 Å². The van der Waals surface area contributed by atoms with E-state index in [-0.39, 0.29) is 11.6 Å². The molecule has 0 saturated heterocycles. The first-order valence-electron chi connectivity index (χ1n) is 7.34. The Morgan fingerprint density at radius 3 is 2.38 bits per heavy atom. The number of carbonyl (C=O) groups is 1. The van der Waals surface area contributed by atoms with E-state index in [1.807, 2.05) is 48.1 Å². The summed E-state index contributed by atoms with van der Waals surface area (Å²) in [5.74, 6) is -0.266. The molecule has 1 heterocycles. The summed E-state index contributed by atoms with van der Waals surface area (Å²) in [7, 11) is 0. The molecule has 6 heteroatoms. The Morgan fingerprint density at radius 1 is 1.08 bits per heavy atom. The molecule has 0 aliphatic carbocycles. The molecule has 1 amide bonds. The van der Waals surface area contributed by atoms with Gasteiger partial charge in [0.25, 0.3) is 11.6 Å². The van der Waals surface area contributed by atoms with E-state index in [2.05, 4.69) is 5.32 Å². The van der Waals surface area contributed by atoms with Crippen molar-refractivity contribution in [2.75, 3.05) is 5.32 Å². The highest BCUT2D eigenvalue weighted by Crippen LogP contribution is 2.19. The zero-order valence-electron chi connectivity index (χ0n) is 13.0. The molecule has 3 rings (SSSR count). The van der Waals surface area contributed by atoms with Crippen LogP contribution < -0.4 is 5.32 Å². The van der Waals surface area contributed by atoms with Crippen LogP contribution in [0.1, 0.15) is 15.9 Å². The summed E-state index contributed by atoms with van der Waals surface area (Å²) in [6, 6.07) is 15.0. The van der Waals surface area contributed by atoms with Crippen molar-refractivity contribution in [2.24, 2.45) is 0 Å². The van der Waals surface area contributed by atoms with Gasteiger partial charge in [-0.1, -0.05) is 6.07 Å². The third-order valence-electron chi connectivity index (χ3n) is 3.69. The Kier molecular flexibility index (Phi) is 4.11. The van der Waals surface area contributed by atoms with E-state index in [4.69, 9.17) is 0 Å². The van der Waals surface area contributed by atoms with E-state index in [1.54, 1.807) is 6.07 Å². The van der Waals surface area contributed by atoms with Crippen molar-refractivity contribution in [3.05, 3.63) is 88.2 Å². The zero-order chi connectivity index (χ0) is 17.1. The number of non-ortho nitro benzene ring substituents is 1.